The molecule has 1 saturated heterocycles. The molecule has 4 nitrogen and oxygen atoms in total. The molecule has 2 fully saturated rings. The Morgan fingerprint density at radius 1 is 1.07 bits per heavy atom. The summed E-state index contributed by atoms with van der Waals surface area (Å²) >= 11 is 1.62. The van der Waals surface area contributed by atoms with Crippen LogP contribution in [0.2, 0.25) is 0 Å². The van der Waals surface area contributed by atoms with Crippen molar-refractivity contribution < 1.29 is 9.53 Å². The molecule has 0 spiro atoms. The Labute approximate surface area is 177 Å². The minimum atomic E-state index is -0.0834. The monoisotopic (exact) mass is 408 g/mol. The number of methoxy groups -OCH3 is 1. The van der Waals surface area contributed by atoms with E-state index in [0.29, 0.717) is 5.92 Å². The van der Waals surface area contributed by atoms with Crippen LogP contribution in [0.3, 0.4) is 0 Å². The smallest absolute Gasteiger partial charge is 0.262 e. The molecule has 1 amide bonds. The van der Waals surface area contributed by atoms with Gasteiger partial charge < -0.3 is 15.0 Å². The molecule has 1 aliphatic carbocycles. The summed E-state index contributed by atoms with van der Waals surface area (Å²) in [6.07, 6.45) is 6.72. The standard InChI is InChI=1S/C24H28N2O2S/c1-17-8-6-7-11-21(17)26-23(27)22(16-18-12-14-20(28-2)15-13-18)29-24(26)25-19-9-4-3-5-10-19/h3-5,9-10,12-17,21,24-25H,6-8,11H2,1-2H3/b22-16-/t17-,21-,24?/m1/s1. The molecule has 1 aliphatic heterocycles. The molecule has 0 radical (unpaired) electrons. The Balaban J connectivity index is 1.62. The van der Waals surface area contributed by atoms with E-state index in [1.807, 2.05) is 48.5 Å². The lowest BCUT2D eigenvalue weighted by molar-refractivity contribution is -0.129. The summed E-state index contributed by atoms with van der Waals surface area (Å²) in [5, 5.41) is 3.58. The van der Waals surface area contributed by atoms with Gasteiger partial charge in [0.2, 0.25) is 0 Å². The number of carbonyl (C=O) groups excluding carboxylic acids is 1. The average Bonchev–Trinajstić information content (AvgIpc) is 3.04. The van der Waals surface area contributed by atoms with Gasteiger partial charge >= 0.3 is 0 Å². The summed E-state index contributed by atoms with van der Waals surface area (Å²) in [7, 11) is 1.66. The summed E-state index contributed by atoms with van der Waals surface area (Å²) in [4.78, 5) is 16.3. The number of amides is 1. The second kappa shape index (κ2) is 8.95. The van der Waals surface area contributed by atoms with Gasteiger partial charge in [0, 0.05) is 11.7 Å². The van der Waals surface area contributed by atoms with Crippen LogP contribution in [0.25, 0.3) is 6.08 Å². The SMILES string of the molecule is COc1ccc(/C=C2\SC(Nc3ccccc3)N([C@@H]3CCCC[C@H]3C)C2=O)cc1. The van der Waals surface area contributed by atoms with Gasteiger partial charge in [-0.2, -0.15) is 0 Å². The normalized spacial score (nSPS) is 26.0. The summed E-state index contributed by atoms with van der Waals surface area (Å²) in [6, 6.07) is 18.3. The van der Waals surface area contributed by atoms with Crippen molar-refractivity contribution in [1.82, 2.24) is 4.90 Å². The molecule has 29 heavy (non-hydrogen) atoms. The second-order valence-electron chi connectivity index (χ2n) is 7.80. The van der Waals surface area contributed by atoms with Gasteiger partial charge in [0.1, 0.15) is 5.75 Å². The predicted molar refractivity (Wildman–Crippen MR) is 121 cm³/mol. The van der Waals surface area contributed by atoms with Crippen LogP contribution < -0.4 is 10.1 Å². The average molecular weight is 409 g/mol. The number of benzene rings is 2. The molecular formula is C24H28N2O2S. The Morgan fingerprint density at radius 2 is 1.79 bits per heavy atom. The van der Waals surface area contributed by atoms with Gasteiger partial charge in [0.05, 0.1) is 12.0 Å². The third-order valence-electron chi connectivity index (χ3n) is 5.84. The van der Waals surface area contributed by atoms with Crippen molar-refractivity contribution in [3.8, 4) is 5.75 Å². The van der Waals surface area contributed by atoms with E-state index in [-0.39, 0.29) is 17.4 Å². The van der Waals surface area contributed by atoms with E-state index in [9.17, 15) is 4.79 Å². The van der Waals surface area contributed by atoms with Crippen molar-refractivity contribution in [2.45, 2.75) is 44.1 Å². The number of hydrogen-bond acceptors (Lipinski definition) is 4. The highest BCUT2D eigenvalue weighted by Gasteiger charge is 2.42. The van der Waals surface area contributed by atoms with Crippen LogP contribution in [0.15, 0.2) is 59.5 Å². The molecule has 1 N–H and O–H groups in total. The lowest BCUT2D eigenvalue weighted by atomic mass is 9.85. The summed E-state index contributed by atoms with van der Waals surface area (Å²) in [5.41, 5.74) is 1.97. The van der Waals surface area contributed by atoms with Gasteiger partial charge in [-0.25, -0.2) is 0 Å². The fourth-order valence-electron chi connectivity index (χ4n) is 4.22. The van der Waals surface area contributed by atoms with Gasteiger partial charge in [0.25, 0.3) is 5.91 Å². The largest absolute Gasteiger partial charge is 0.497 e. The number of rotatable bonds is 5. The summed E-state index contributed by atoms with van der Waals surface area (Å²) in [5.74, 6) is 1.48. The zero-order chi connectivity index (χ0) is 20.2. The van der Waals surface area contributed by atoms with E-state index >= 15 is 0 Å². The lowest BCUT2D eigenvalue weighted by Gasteiger charge is -2.39. The molecule has 1 saturated carbocycles. The second-order valence-corrected chi connectivity index (χ2v) is 8.93. The molecule has 4 rings (SSSR count). The van der Waals surface area contributed by atoms with E-state index in [0.717, 1.165) is 28.3 Å². The zero-order valence-electron chi connectivity index (χ0n) is 17.0. The minimum Gasteiger partial charge on any atom is -0.497 e. The molecule has 0 bridgehead atoms. The van der Waals surface area contributed by atoms with Gasteiger partial charge in [-0.15, -0.1) is 0 Å². The number of para-hydroxylation sites is 1. The molecule has 2 aliphatic rings. The molecular weight excluding hydrogens is 380 g/mol. The molecule has 5 heteroatoms. The first-order chi connectivity index (χ1) is 14.2. The van der Waals surface area contributed by atoms with E-state index in [1.54, 1.807) is 18.9 Å². The highest BCUT2D eigenvalue weighted by Crippen LogP contribution is 2.42. The third-order valence-corrected chi connectivity index (χ3v) is 6.95. The van der Waals surface area contributed by atoms with Crippen LogP contribution in [0, 0.1) is 5.92 Å². The number of nitrogens with zero attached hydrogens (tertiary/aromatic N) is 1. The number of anilines is 1. The quantitative estimate of drug-likeness (QED) is 0.655. The maximum atomic E-state index is 13.5. The first-order valence-corrected chi connectivity index (χ1v) is 11.2. The highest BCUT2D eigenvalue weighted by atomic mass is 32.2. The number of nitrogens with one attached hydrogen (secondary N) is 1. The molecule has 152 valence electrons. The molecule has 2 aromatic rings. The Morgan fingerprint density at radius 3 is 2.48 bits per heavy atom. The van der Waals surface area contributed by atoms with E-state index in [2.05, 4.69) is 29.3 Å². The predicted octanol–water partition coefficient (Wildman–Crippen LogP) is 5.59. The highest BCUT2D eigenvalue weighted by molar-refractivity contribution is 8.05. The number of thioether (sulfide) groups is 1. The van der Waals surface area contributed by atoms with E-state index in [1.165, 1.54) is 19.3 Å². The van der Waals surface area contributed by atoms with E-state index in [4.69, 9.17) is 4.74 Å². The van der Waals surface area contributed by atoms with Gasteiger partial charge in [-0.05, 0) is 54.7 Å². The molecule has 1 unspecified atom stereocenters. The Hall–Kier alpha value is -2.40. The summed E-state index contributed by atoms with van der Waals surface area (Å²) < 4.78 is 5.24. The molecule has 0 aromatic heterocycles. The minimum absolute atomic E-state index is 0.0834. The van der Waals surface area contributed by atoms with Crippen molar-refractivity contribution in [3.05, 3.63) is 65.1 Å². The maximum absolute atomic E-state index is 13.5. The van der Waals surface area contributed by atoms with Crippen LogP contribution in [-0.4, -0.2) is 29.5 Å². The Bertz CT molecular complexity index is 866. The van der Waals surface area contributed by atoms with Gasteiger partial charge in [-0.1, -0.05) is 61.9 Å². The fraction of sp³-hybridized carbons (Fsp3) is 0.375. The third kappa shape index (κ3) is 4.45. The van der Waals surface area contributed by atoms with Crippen molar-refractivity contribution in [1.29, 1.82) is 0 Å². The van der Waals surface area contributed by atoms with Crippen LogP contribution in [0.4, 0.5) is 5.69 Å². The first-order valence-electron chi connectivity index (χ1n) is 10.3. The number of hydrogen-bond donors (Lipinski definition) is 1. The lowest BCUT2D eigenvalue weighted by Crippen LogP contribution is -2.48. The molecule has 1 heterocycles. The van der Waals surface area contributed by atoms with E-state index < -0.39 is 0 Å². The maximum Gasteiger partial charge on any atom is 0.262 e. The van der Waals surface area contributed by atoms with Crippen LogP contribution in [0.1, 0.15) is 38.2 Å². The summed E-state index contributed by atoms with van der Waals surface area (Å²) in [6.45, 7) is 2.28. The number of ether oxygens (including phenoxy) is 1. The van der Waals surface area contributed by atoms with Crippen molar-refractivity contribution in [2.75, 3.05) is 12.4 Å². The van der Waals surface area contributed by atoms with Crippen LogP contribution in [0.5, 0.6) is 5.75 Å². The van der Waals surface area contributed by atoms with Crippen molar-refractivity contribution in [2.24, 2.45) is 5.92 Å². The first kappa shape index (κ1) is 19.9. The van der Waals surface area contributed by atoms with Gasteiger partial charge in [0.15, 0.2) is 5.50 Å². The van der Waals surface area contributed by atoms with Crippen LogP contribution in [-0.2, 0) is 4.79 Å². The van der Waals surface area contributed by atoms with Crippen LogP contribution >= 0.6 is 11.8 Å². The van der Waals surface area contributed by atoms with Crippen molar-refractivity contribution in [3.63, 3.8) is 0 Å². The molecule has 3 atom stereocenters. The topological polar surface area (TPSA) is 41.6 Å². The van der Waals surface area contributed by atoms with Crippen molar-refractivity contribution >= 4 is 29.4 Å². The fourth-order valence-corrected chi connectivity index (χ4v) is 5.43. The Kier molecular flexibility index (Phi) is 6.14. The molecule has 2 aromatic carbocycles. The zero-order valence-corrected chi connectivity index (χ0v) is 17.8. The van der Waals surface area contributed by atoms with Gasteiger partial charge in [-0.3, -0.25) is 4.79 Å². The number of carbonyl (C=O) groups is 1.